The number of nitrogens with two attached hydrogens (primary N) is 1. The second kappa shape index (κ2) is 5.35. The average molecular weight is 271 g/mol. The van der Waals surface area contributed by atoms with Crippen LogP contribution in [0.1, 0.15) is 25.0 Å². The highest BCUT2D eigenvalue weighted by Crippen LogP contribution is 2.19. The minimum atomic E-state index is -0.839. The van der Waals surface area contributed by atoms with E-state index in [1.54, 1.807) is 13.8 Å². The predicted octanol–water partition coefficient (Wildman–Crippen LogP) is 0.827. The molecule has 1 heterocycles. The van der Waals surface area contributed by atoms with E-state index in [1.165, 1.54) is 4.90 Å². The molecule has 5 heteroatoms. The lowest BCUT2D eigenvalue weighted by molar-refractivity contribution is -0.130. The Morgan fingerprint density at radius 2 is 2.10 bits per heavy atom. The van der Waals surface area contributed by atoms with Gasteiger partial charge in [-0.25, -0.2) is 4.79 Å². The molecule has 1 saturated heterocycles. The van der Waals surface area contributed by atoms with Crippen LogP contribution < -0.4 is 11.1 Å². The Morgan fingerprint density at radius 1 is 1.35 bits per heavy atom. The molecule has 0 bridgehead atoms. The SMILES string of the molecule is CC1(C)NC(=O)N(Cc2cccc(C#CCN)c2)C1=O. The number of hydrogen-bond donors (Lipinski definition) is 2. The third kappa shape index (κ3) is 2.81. The van der Waals surface area contributed by atoms with E-state index in [-0.39, 0.29) is 18.5 Å². The lowest BCUT2D eigenvalue weighted by Gasteiger charge is -2.16. The highest BCUT2D eigenvalue weighted by atomic mass is 16.2. The van der Waals surface area contributed by atoms with Crippen LogP contribution in [0.3, 0.4) is 0 Å². The molecule has 0 atom stereocenters. The zero-order valence-corrected chi connectivity index (χ0v) is 11.6. The van der Waals surface area contributed by atoms with Crippen LogP contribution in [-0.4, -0.2) is 28.9 Å². The van der Waals surface area contributed by atoms with Crippen molar-refractivity contribution in [2.45, 2.75) is 25.9 Å². The van der Waals surface area contributed by atoms with Gasteiger partial charge >= 0.3 is 6.03 Å². The van der Waals surface area contributed by atoms with Gasteiger partial charge in [0.2, 0.25) is 0 Å². The van der Waals surface area contributed by atoms with E-state index in [0.717, 1.165) is 11.1 Å². The van der Waals surface area contributed by atoms with Crippen LogP contribution in [0, 0.1) is 11.8 Å². The van der Waals surface area contributed by atoms with Gasteiger partial charge in [0.05, 0.1) is 13.1 Å². The summed E-state index contributed by atoms with van der Waals surface area (Å²) in [6.07, 6.45) is 0. The fourth-order valence-electron chi connectivity index (χ4n) is 2.04. The highest BCUT2D eigenvalue weighted by molar-refractivity contribution is 6.06. The molecule has 0 saturated carbocycles. The van der Waals surface area contributed by atoms with Gasteiger partial charge in [0.1, 0.15) is 5.54 Å². The maximum atomic E-state index is 12.1. The smallest absolute Gasteiger partial charge is 0.324 e. The van der Waals surface area contributed by atoms with Crippen molar-refractivity contribution in [2.75, 3.05) is 6.54 Å². The first kappa shape index (κ1) is 14.1. The van der Waals surface area contributed by atoms with Gasteiger partial charge in [-0.05, 0) is 31.5 Å². The lowest BCUT2D eigenvalue weighted by Crippen LogP contribution is -2.40. The Balaban J connectivity index is 2.18. The number of nitrogens with zero attached hydrogens (tertiary/aromatic N) is 1. The van der Waals surface area contributed by atoms with E-state index in [1.807, 2.05) is 24.3 Å². The minimum absolute atomic E-state index is 0.221. The molecule has 1 aliphatic heterocycles. The van der Waals surface area contributed by atoms with Gasteiger partial charge in [-0.2, -0.15) is 0 Å². The second-order valence-electron chi connectivity index (χ2n) is 5.15. The normalized spacial score (nSPS) is 16.6. The summed E-state index contributed by atoms with van der Waals surface area (Å²) in [5.41, 5.74) is 6.17. The Kier molecular flexibility index (Phi) is 3.77. The fraction of sp³-hybridized carbons (Fsp3) is 0.333. The summed E-state index contributed by atoms with van der Waals surface area (Å²) in [4.78, 5) is 25.1. The van der Waals surface area contributed by atoms with Crippen molar-refractivity contribution >= 4 is 11.9 Å². The number of imide groups is 1. The zero-order chi connectivity index (χ0) is 14.8. The van der Waals surface area contributed by atoms with Crippen LogP contribution in [0.5, 0.6) is 0 Å². The van der Waals surface area contributed by atoms with E-state index in [9.17, 15) is 9.59 Å². The fourth-order valence-corrected chi connectivity index (χ4v) is 2.04. The van der Waals surface area contributed by atoms with Crippen LogP contribution in [0.25, 0.3) is 0 Å². The van der Waals surface area contributed by atoms with Crippen molar-refractivity contribution in [2.24, 2.45) is 5.73 Å². The van der Waals surface area contributed by atoms with E-state index in [4.69, 9.17) is 5.73 Å². The molecular weight excluding hydrogens is 254 g/mol. The van der Waals surface area contributed by atoms with Crippen molar-refractivity contribution in [3.8, 4) is 11.8 Å². The van der Waals surface area contributed by atoms with Crippen molar-refractivity contribution in [3.63, 3.8) is 0 Å². The number of benzene rings is 1. The number of hydrogen-bond acceptors (Lipinski definition) is 3. The molecule has 5 nitrogen and oxygen atoms in total. The van der Waals surface area contributed by atoms with E-state index in [0.29, 0.717) is 6.54 Å². The molecule has 20 heavy (non-hydrogen) atoms. The monoisotopic (exact) mass is 271 g/mol. The van der Waals surface area contributed by atoms with Crippen LogP contribution in [0.4, 0.5) is 4.79 Å². The Labute approximate surface area is 118 Å². The first-order valence-electron chi connectivity index (χ1n) is 6.36. The Morgan fingerprint density at radius 3 is 2.70 bits per heavy atom. The standard InChI is InChI=1S/C15H17N3O2/c1-15(2)13(19)18(14(20)17-15)10-12-6-3-5-11(9-12)7-4-8-16/h3,5-6,9H,8,10,16H2,1-2H3,(H,17,20). The molecule has 2 rings (SSSR count). The van der Waals surface area contributed by atoms with Gasteiger partial charge < -0.3 is 11.1 Å². The predicted molar refractivity (Wildman–Crippen MR) is 75.5 cm³/mol. The number of rotatable bonds is 2. The molecule has 0 radical (unpaired) electrons. The van der Waals surface area contributed by atoms with Gasteiger partial charge in [0.25, 0.3) is 5.91 Å². The Bertz CT molecular complexity index is 611. The molecule has 104 valence electrons. The summed E-state index contributed by atoms with van der Waals surface area (Å²) in [6, 6.07) is 7.06. The van der Waals surface area contributed by atoms with Crippen molar-refractivity contribution in [3.05, 3.63) is 35.4 Å². The van der Waals surface area contributed by atoms with Crippen LogP contribution in [0.15, 0.2) is 24.3 Å². The van der Waals surface area contributed by atoms with Gasteiger partial charge in [0, 0.05) is 5.56 Å². The molecular formula is C15H17N3O2. The number of urea groups is 1. The lowest BCUT2D eigenvalue weighted by atomic mass is 10.1. The molecule has 1 aliphatic rings. The van der Waals surface area contributed by atoms with E-state index in [2.05, 4.69) is 17.2 Å². The quantitative estimate of drug-likeness (QED) is 0.618. The first-order valence-corrected chi connectivity index (χ1v) is 6.36. The van der Waals surface area contributed by atoms with Crippen LogP contribution in [0.2, 0.25) is 0 Å². The molecule has 1 aromatic rings. The van der Waals surface area contributed by atoms with Crippen molar-refractivity contribution in [1.29, 1.82) is 0 Å². The number of amides is 3. The molecule has 3 amide bonds. The van der Waals surface area contributed by atoms with Crippen molar-refractivity contribution < 1.29 is 9.59 Å². The average Bonchev–Trinajstić information content (AvgIpc) is 2.59. The molecule has 0 aromatic heterocycles. The van der Waals surface area contributed by atoms with Crippen LogP contribution in [-0.2, 0) is 11.3 Å². The molecule has 0 aliphatic carbocycles. The summed E-state index contributed by atoms with van der Waals surface area (Å²) in [5, 5.41) is 2.66. The molecule has 1 aromatic carbocycles. The zero-order valence-electron chi connectivity index (χ0n) is 11.6. The van der Waals surface area contributed by atoms with E-state index >= 15 is 0 Å². The highest BCUT2D eigenvalue weighted by Gasteiger charge is 2.43. The van der Waals surface area contributed by atoms with Gasteiger partial charge in [-0.1, -0.05) is 24.0 Å². The number of nitrogens with one attached hydrogen (secondary N) is 1. The number of carbonyl (C=O) groups excluding carboxylic acids is 2. The van der Waals surface area contributed by atoms with Gasteiger partial charge in [0.15, 0.2) is 0 Å². The maximum Gasteiger partial charge on any atom is 0.325 e. The summed E-state index contributed by atoms with van der Waals surface area (Å²) < 4.78 is 0. The topological polar surface area (TPSA) is 75.4 Å². The third-order valence-corrected chi connectivity index (χ3v) is 3.05. The third-order valence-electron chi connectivity index (χ3n) is 3.05. The minimum Gasteiger partial charge on any atom is -0.324 e. The summed E-state index contributed by atoms with van der Waals surface area (Å²) in [7, 11) is 0. The van der Waals surface area contributed by atoms with Gasteiger partial charge in [-0.15, -0.1) is 0 Å². The van der Waals surface area contributed by atoms with Crippen molar-refractivity contribution in [1.82, 2.24) is 10.2 Å². The maximum absolute atomic E-state index is 12.1. The molecule has 3 N–H and O–H groups in total. The van der Waals surface area contributed by atoms with Gasteiger partial charge in [-0.3, -0.25) is 9.69 Å². The van der Waals surface area contributed by atoms with E-state index < -0.39 is 5.54 Å². The molecule has 0 unspecified atom stereocenters. The Hall–Kier alpha value is -2.32. The summed E-state index contributed by atoms with van der Waals surface area (Å²) in [6.45, 7) is 3.92. The second-order valence-corrected chi connectivity index (χ2v) is 5.15. The molecule has 1 fully saturated rings. The first-order chi connectivity index (χ1) is 9.44. The summed E-state index contributed by atoms with van der Waals surface area (Å²) >= 11 is 0. The molecule has 0 spiro atoms. The summed E-state index contributed by atoms with van der Waals surface area (Å²) in [5.74, 6) is 5.48. The van der Waals surface area contributed by atoms with Crippen LogP contribution >= 0.6 is 0 Å². The largest absolute Gasteiger partial charge is 0.325 e. The number of carbonyl (C=O) groups is 2.